The average molecular weight is 293 g/mol. The molecule has 0 bridgehead atoms. The van der Waals surface area contributed by atoms with Gasteiger partial charge in [-0.2, -0.15) is 0 Å². The molecule has 1 aromatic rings. The minimum absolute atomic E-state index is 0.00183. The van der Waals surface area contributed by atoms with Crippen LogP contribution in [0, 0.1) is 0 Å². The predicted molar refractivity (Wildman–Crippen MR) is 77.9 cm³/mol. The first-order valence-corrected chi connectivity index (χ1v) is 7.70. The standard InChI is InChI=1S/C15H23N3O3/c19-15(16-12-14-2-1-9-21-14)18-7-5-17(6-8-18)13-3-10-20-11-4-13/h1-2,9,13H,3-8,10-12H2,(H,16,19). The van der Waals surface area contributed by atoms with Crippen LogP contribution >= 0.6 is 0 Å². The molecule has 0 spiro atoms. The van der Waals surface area contributed by atoms with Crippen molar-refractivity contribution < 1.29 is 13.9 Å². The fourth-order valence-electron chi connectivity index (χ4n) is 3.03. The van der Waals surface area contributed by atoms with Crippen LogP contribution in [-0.4, -0.2) is 61.3 Å². The minimum atomic E-state index is -0.00183. The van der Waals surface area contributed by atoms with Crippen LogP contribution in [0.4, 0.5) is 4.79 Å². The van der Waals surface area contributed by atoms with Gasteiger partial charge in [0.05, 0.1) is 12.8 Å². The van der Waals surface area contributed by atoms with Crippen LogP contribution in [0.25, 0.3) is 0 Å². The molecule has 0 radical (unpaired) electrons. The molecule has 6 nitrogen and oxygen atoms in total. The molecule has 1 aromatic heterocycles. The van der Waals surface area contributed by atoms with Crippen molar-refractivity contribution in [1.82, 2.24) is 15.1 Å². The number of piperazine rings is 1. The highest BCUT2D eigenvalue weighted by Crippen LogP contribution is 2.16. The fourth-order valence-corrected chi connectivity index (χ4v) is 3.03. The number of hydrogen-bond acceptors (Lipinski definition) is 4. The van der Waals surface area contributed by atoms with Gasteiger partial charge in [-0.15, -0.1) is 0 Å². The van der Waals surface area contributed by atoms with Crippen LogP contribution in [-0.2, 0) is 11.3 Å². The maximum absolute atomic E-state index is 12.1. The highest BCUT2D eigenvalue weighted by atomic mass is 16.5. The van der Waals surface area contributed by atoms with E-state index in [1.54, 1.807) is 6.26 Å². The number of amides is 2. The molecule has 0 atom stereocenters. The summed E-state index contributed by atoms with van der Waals surface area (Å²) in [7, 11) is 0. The molecule has 1 N–H and O–H groups in total. The third-order valence-electron chi connectivity index (χ3n) is 4.30. The van der Waals surface area contributed by atoms with Crippen LogP contribution in [0.3, 0.4) is 0 Å². The Labute approximate surface area is 125 Å². The number of nitrogens with zero attached hydrogens (tertiary/aromatic N) is 2. The van der Waals surface area contributed by atoms with Gasteiger partial charge in [0.2, 0.25) is 0 Å². The first-order valence-electron chi connectivity index (χ1n) is 7.70. The van der Waals surface area contributed by atoms with E-state index in [4.69, 9.17) is 9.15 Å². The largest absolute Gasteiger partial charge is 0.467 e. The molecule has 2 aliphatic rings. The highest BCUT2D eigenvalue weighted by molar-refractivity contribution is 5.74. The zero-order valence-corrected chi connectivity index (χ0v) is 12.3. The average Bonchev–Trinajstić information content (AvgIpc) is 3.07. The van der Waals surface area contributed by atoms with Gasteiger partial charge in [-0.25, -0.2) is 4.79 Å². The number of ether oxygens (including phenoxy) is 1. The first-order chi connectivity index (χ1) is 10.3. The normalized spacial score (nSPS) is 21.4. The van der Waals surface area contributed by atoms with E-state index >= 15 is 0 Å². The number of furan rings is 1. The molecule has 2 amide bonds. The van der Waals surface area contributed by atoms with E-state index in [-0.39, 0.29) is 6.03 Å². The summed E-state index contributed by atoms with van der Waals surface area (Å²) in [5.74, 6) is 0.782. The number of nitrogens with one attached hydrogen (secondary N) is 1. The number of carbonyl (C=O) groups is 1. The molecule has 0 aliphatic carbocycles. The van der Waals surface area contributed by atoms with Crippen LogP contribution in [0.5, 0.6) is 0 Å². The van der Waals surface area contributed by atoms with E-state index in [1.807, 2.05) is 17.0 Å². The van der Waals surface area contributed by atoms with Gasteiger partial charge in [0.25, 0.3) is 0 Å². The van der Waals surface area contributed by atoms with Gasteiger partial charge >= 0.3 is 6.03 Å². The molecule has 21 heavy (non-hydrogen) atoms. The molecule has 2 saturated heterocycles. The monoisotopic (exact) mass is 293 g/mol. The van der Waals surface area contributed by atoms with Crippen LogP contribution < -0.4 is 5.32 Å². The van der Waals surface area contributed by atoms with Crippen molar-refractivity contribution in [1.29, 1.82) is 0 Å². The lowest BCUT2D eigenvalue weighted by Crippen LogP contribution is -2.54. The van der Waals surface area contributed by atoms with Gasteiger partial charge in [0, 0.05) is 45.4 Å². The van der Waals surface area contributed by atoms with E-state index in [1.165, 1.54) is 0 Å². The Morgan fingerprint density at radius 1 is 1.24 bits per heavy atom. The van der Waals surface area contributed by atoms with Crippen molar-refractivity contribution in [3.8, 4) is 0 Å². The fraction of sp³-hybridized carbons (Fsp3) is 0.667. The number of urea groups is 1. The van der Waals surface area contributed by atoms with Crippen molar-refractivity contribution >= 4 is 6.03 Å². The van der Waals surface area contributed by atoms with Gasteiger partial charge in [-0.1, -0.05) is 0 Å². The molecule has 3 rings (SSSR count). The highest BCUT2D eigenvalue weighted by Gasteiger charge is 2.27. The van der Waals surface area contributed by atoms with Crippen molar-refractivity contribution in [3.05, 3.63) is 24.2 Å². The molecule has 0 unspecified atom stereocenters. The predicted octanol–water partition coefficient (Wildman–Crippen LogP) is 1.29. The molecule has 6 heteroatoms. The Kier molecular flexibility index (Phi) is 4.77. The van der Waals surface area contributed by atoms with Crippen LogP contribution in [0.15, 0.2) is 22.8 Å². The molecular weight excluding hydrogens is 270 g/mol. The molecular formula is C15H23N3O3. The van der Waals surface area contributed by atoms with Crippen molar-refractivity contribution in [2.24, 2.45) is 0 Å². The molecule has 116 valence electrons. The summed E-state index contributed by atoms with van der Waals surface area (Å²) >= 11 is 0. The molecule has 0 saturated carbocycles. The summed E-state index contributed by atoms with van der Waals surface area (Å²) in [6.45, 7) is 5.69. The SMILES string of the molecule is O=C(NCc1ccco1)N1CCN(C2CCOCC2)CC1. The van der Waals surface area contributed by atoms with E-state index in [2.05, 4.69) is 10.2 Å². The van der Waals surface area contributed by atoms with E-state index in [0.717, 1.165) is 58.0 Å². The second-order valence-electron chi connectivity index (χ2n) is 5.60. The summed E-state index contributed by atoms with van der Waals surface area (Å²) in [4.78, 5) is 16.5. The first kappa shape index (κ1) is 14.4. The lowest BCUT2D eigenvalue weighted by molar-refractivity contribution is 0.0187. The Morgan fingerprint density at radius 3 is 2.67 bits per heavy atom. The van der Waals surface area contributed by atoms with Gasteiger partial charge in [-0.3, -0.25) is 4.90 Å². The Hall–Kier alpha value is -1.53. The molecule has 2 fully saturated rings. The zero-order chi connectivity index (χ0) is 14.5. The number of carbonyl (C=O) groups excluding carboxylic acids is 1. The summed E-state index contributed by atoms with van der Waals surface area (Å²) in [5.41, 5.74) is 0. The second kappa shape index (κ2) is 6.95. The quantitative estimate of drug-likeness (QED) is 0.912. The number of hydrogen-bond donors (Lipinski definition) is 1. The van der Waals surface area contributed by atoms with Gasteiger partial charge in [0.1, 0.15) is 5.76 Å². The van der Waals surface area contributed by atoms with Crippen LogP contribution in [0.2, 0.25) is 0 Å². The third kappa shape index (κ3) is 3.77. The van der Waals surface area contributed by atoms with Crippen molar-refractivity contribution in [2.45, 2.75) is 25.4 Å². The third-order valence-corrected chi connectivity index (χ3v) is 4.30. The van der Waals surface area contributed by atoms with Gasteiger partial charge < -0.3 is 19.4 Å². The molecule has 2 aliphatic heterocycles. The maximum atomic E-state index is 12.1. The Bertz CT molecular complexity index is 435. The second-order valence-corrected chi connectivity index (χ2v) is 5.60. The smallest absolute Gasteiger partial charge is 0.317 e. The van der Waals surface area contributed by atoms with Crippen LogP contribution in [0.1, 0.15) is 18.6 Å². The molecule has 0 aromatic carbocycles. The summed E-state index contributed by atoms with van der Waals surface area (Å²) in [5, 5.41) is 2.90. The zero-order valence-electron chi connectivity index (χ0n) is 12.3. The van der Waals surface area contributed by atoms with Crippen molar-refractivity contribution in [3.63, 3.8) is 0 Å². The van der Waals surface area contributed by atoms with Gasteiger partial charge in [0.15, 0.2) is 0 Å². The van der Waals surface area contributed by atoms with Gasteiger partial charge in [-0.05, 0) is 25.0 Å². The minimum Gasteiger partial charge on any atom is -0.467 e. The lowest BCUT2D eigenvalue weighted by Gasteiger charge is -2.40. The van der Waals surface area contributed by atoms with E-state index < -0.39 is 0 Å². The lowest BCUT2D eigenvalue weighted by atomic mass is 10.1. The van der Waals surface area contributed by atoms with E-state index in [9.17, 15) is 4.79 Å². The Morgan fingerprint density at radius 2 is 2.00 bits per heavy atom. The van der Waals surface area contributed by atoms with E-state index in [0.29, 0.717) is 12.6 Å². The molecule has 3 heterocycles. The Balaban J connectivity index is 1.41. The topological polar surface area (TPSA) is 58.0 Å². The summed E-state index contributed by atoms with van der Waals surface area (Å²) in [6.07, 6.45) is 3.85. The summed E-state index contributed by atoms with van der Waals surface area (Å²) in [6, 6.07) is 4.32. The number of rotatable bonds is 3. The van der Waals surface area contributed by atoms with Crippen molar-refractivity contribution in [2.75, 3.05) is 39.4 Å². The summed E-state index contributed by atoms with van der Waals surface area (Å²) < 4.78 is 10.6. The maximum Gasteiger partial charge on any atom is 0.317 e.